The minimum absolute atomic E-state index is 0.0745. The van der Waals surface area contributed by atoms with E-state index in [4.69, 9.17) is 0 Å². The maximum atomic E-state index is 11.7. The number of carbonyl (C=O) groups excluding carboxylic acids is 2. The highest BCUT2D eigenvalue weighted by molar-refractivity contribution is 8.15. The van der Waals surface area contributed by atoms with Crippen molar-refractivity contribution in [2.75, 3.05) is 0 Å². The molecule has 2 unspecified atom stereocenters. The fourth-order valence-electron chi connectivity index (χ4n) is 2.21. The SMILES string of the molecule is O=C1NC(=O)C(c2ccc3ccccc3c2S(=O)[O-])S1. The number of hydrogen-bond donors (Lipinski definition) is 1. The monoisotopic (exact) mass is 306 g/mol. The highest BCUT2D eigenvalue weighted by atomic mass is 32.2. The third-order valence-corrected chi connectivity index (χ3v) is 4.86. The molecule has 1 heterocycles. The molecule has 1 saturated heterocycles. The molecule has 2 atom stereocenters. The molecular formula is C13H8NO4S2-. The fraction of sp³-hybridized carbons (Fsp3) is 0.0769. The van der Waals surface area contributed by atoms with Crippen LogP contribution in [0.1, 0.15) is 10.8 Å². The molecule has 2 amide bonds. The molecule has 3 rings (SSSR count). The van der Waals surface area contributed by atoms with Crippen molar-refractivity contribution in [3.05, 3.63) is 42.0 Å². The predicted octanol–water partition coefficient (Wildman–Crippen LogP) is 2.10. The summed E-state index contributed by atoms with van der Waals surface area (Å²) in [4.78, 5) is 23.1. The molecule has 1 aliphatic rings. The summed E-state index contributed by atoms with van der Waals surface area (Å²) in [5, 5.41) is 2.20. The van der Waals surface area contributed by atoms with Gasteiger partial charge in [-0.1, -0.05) is 36.4 Å². The minimum atomic E-state index is -2.49. The Kier molecular flexibility index (Phi) is 3.33. The van der Waals surface area contributed by atoms with Crippen LogP contribution >= 0.6 is 11.8 Å². The molecule has 0 radical (unpaired) electrons. The first kappa shape index (κ1) is 13.3. The van der Waals surface area contributed by atoms with Gasteiger partial charge in [0.25, 0.3) is 5.24 Å². The van der Waals surface area contributed by atoms with Gasteiger partial charge in [0.05, 0.1) is 0 Å². The molecule has 5 nitrogen and oxygen atoms in total. The van der Waals surface area contributed by atoms with E-state index in [1.165, 1.54) is 0 Å². The summed E-state index contributed by atoms with van der Waals surface area (Å²) in [6.45, 7) is 0. The lowest BCUT2D eigenvalue weighted by atomic mass is 10.0. The van der Waals surface area contributed by atoms with Gasteiger partial charge in [0.2, 0.25) is 5.91 Å². The molecule has 0 aliphatic carbocycles. The summed E-state index contributed by atoms with van der Waals surface area (Å²) in [6, 6.07) is 10.3. The molecular weight excluding hydrogens is 298 g/mol. The van der Waals surface area contributed by atoms with Crippen LogP contribution in [0.2, 0.25) is 0 Å². The largest absolute Gasteiger partial charge is 0.768 e. The molecule has 2 aromatic carbocycles. The summed E-state index contributed by atoms with van der Waals surface area (Å²) in [5.74, 6) is -0.484. The van der Waals surface area contributed by atoms with Crippen LogP contribution in [0.15, 0.2) is 41.3 Å². The van der Waals surface area contributed by atoms with E-state index in [1.54, 1.807) is 36.4 Å². The number of rotatable bonds is 2. The zero-order valence-corrected chi connectivity index (χ0v) is 11.6. The van der Waals surface area contributed by atoms with Crippen molar-refractivity contribution < 1.29 is 18.4 Å². The van der Waals surface area contributed by atoms with Crippen LogP contribution in [0.3, 0.4) is 0 Å². The van der Waals surface area contributed by atoms with Crippen LogP contribution in [0.4, 0.5) is 4.79 Å². The first-order valence-electron chi connectivity index (χ1n) is 5.70. The van der Waals surface area contributed by atoms with E-state index in [1.807, 2.05) is 0 Å². The second-order valence-corrected chi connectivity index (χ2v) is 6.17. The van der Waals surface area contributed by atoms with Gasteiger partial charge >= 0.3 is 0 Å². The topological polar surface area (TPSA) is 86.3 Å². The molecule has 102 valence electrons. The van der Waals surface area contributed by atoms with E-state index in [2.05, 4.69) is 5.32 Å². The lowest BCUT2D eigenvalue weighted by molar-refractivity contribution is -0.119. The Labute approximate surface area is 121 Å². The summed E-state index contributed by atoms with van der Waals surface area (Å²) in [6.07, 6.45) is 0. The maximum Gasteiger partial charge on any atom is 0.286 e. The van der Waals surface area contributed by atoms with Crippen LogP contribution in [-0.4, -0.2) is 19.9 Å². The molecule has 20 heavy (non-hydrogen) atoms. The molecule has 0 saturated carbocycles. The quantitative estimate of drug-likeness (QED) is 0.859. The highest BCUT2D eigenvalue weighted by Crippen LogP contribution is 2.39. The molecule has 1 fully saturated rings. The Morgan fingerprint density at radius 2 is 1.90 bits per heavy atom. The lowest BCUT2D eigenvalue weighted by Crippen LogP contribution is -2.21. The van der Waals surface area contributed by atoms with Crippen molar-refractivity contribution in [1.82, 2.24) is 5.32 Å². The Hall–Kier alpha value is -1.70. The average molecular weight is 306 g/mol. The Morgan fingerprint density at radius 1 is 1.15 bits per heavy atom. The fourth-order valence-corrected chi connectivity index (χ4v) is 3.89. The van der Waals surface area contributed by atoms with Gasteiger partial charge in [-0.05, 0) is 39.2 Å². The van der Waals surface area contributed by atoms with Crippen LogP contribution in [-0.2, 0) is 15.9 Å². The van der Waals surface area contributed by atoms with Crippen LogP contribution in [0.25, 0.3) is 10.8 Å². The zero-order valence-electron chi connectivity index (χ0n) is 9.99. The second kappa shape index (κ2) is 5.01. The van der Waals surface area contributed by atoms with E-state index < -0.39 is 27.5 Å². The number of hydrogen-bond acceptors (Lipinski definition) is 5. The third kappa shape index (κ3) is 2.13. The number of amides is 2. The number of benzene rings is 2. The smallest absolute Gasteiger partial charge is 0.286 e. The summed E-state index contributed by atoms with van der Waals surface area (Å²) in [5.41, 5.74) is 0.338. The van der Waals surface area contributed by atoms with Crippen molar-refractivity contribution >= 4 is 44.8 Å². The van der Waals surface area contributed by atoms with Crippen LogP contribution in [0, 0.1) is 0 Å². The Balaban J connectivity index is 2.25. The van der Waals surface area contributed by atoms with Gasteiger partial charge < -0.3 is 4.55 Å². The highest BCUT2D eigenvalue weighted by Gasteiger charge is 2.34. The van der Waals surface area contributed by atoms with Gasteiger partial charge in [0.15, 0.2) is 0 Å². The number of thioether (sulfide) groups is 1. The molecule has 0 spiro atoms. The van der Waals surface area contributed by atoms with Crippen molar-refractivity contribution in [2.24, 2.45) is 0 Å². The number of imide groups is 1. The van der Waals surface area contributed by atoms with E-state index >= 15 is 0 Å². The number of carbonyl (C=O) groups is 2. The van der Waals surface area contributed by atoms with Crippen molar-refractivity contribution in [3.8, 4) is 0 Å². The zero-order chi connectivity index (χ0) is 14.3. The van der Waals surface area contributed by atoms with E-state index in [0.29, 0.717) is 10.9 Å². The summed E-state index contributed by atoms with van der Waals surface area (Å²) in [7, 11) is 0. The van der Waals surface area contributed by atoms with Crippen molar-refractivity contribution in [1.29, 1.82) is 0 Å². The van der Waals surface area contributed by atoms with E-state index in [0.717, 1.165) is 17.1 Å². The third-order valence-electron chi connectivity index (χ3n) is 3.05. The second-order valence-electron chi connectivity index (χ2n) is 4.21. The Bertz CT molecular complexity index is 759. The van der Waals surface area contributed by atoms with Gasteiger partial charge in [0.1, 0.15) is 5.25 Å². The van der Waals surface area contributed by atoms with Gasteiger partial charge in [-0.3, -0.25) is 19.1 Å². The van der Waals surface area contributed by atoms with Gasteiger partial charge in [-0.2, -0.15) is 0 Å². The molecule has 0 aromatic heterocycles. The first-order chi connectivity index (χ1) is 9.58. The summed E-state index contributed by atoms with van der Waals surface area (Å²) < 4.78 is 23.1. The summed E-state index contributed by atoms with van der Waals surface area (Å²) >= 11 is -1.70. The van der Waals surface area contributed by atoms with Gasteiger partial charge in [-0.25, -0.2) is 0 Å². The van der Waals surface area contributed by atoms with Crippen molar-refractivity contribution in [3.63, 3.8) is 0 Å². The van der Waals surface area contributed by atoms with Crippen molar-refractivity contribution in [2.45, 2.75) is 10.1 Å². The lowest BCUT2D eigenvalue weighted by Gasteiger charge is -2.17. The maximum absolute atomic E-state index is 11.7. The van der Waals surface area contributed by atoms with Gasteiger partial charge in [0, 0.05) is 4.90 Å². The molecule has 2 aromatic rings. The minimum Gasteiger partial charge on any atom is -0.768 e. The molecule has 0 bridgehead atoms. The first-order valence-corrected chi connectivity index (χ1v) is 7.66. The van der Waals surface area contributed by atoms with Crippen LogP contribution < -0.4 is 5.32 Å². The normalized spacial score (nSPS) is 20.1. The number of fused-ring (bicyclic) bond motifs is 1. The van der Waals surface area contributed by atoms with Crippen LogP contribution in [0.5, 0.6) is 0 Å². The average Bonchev–Trinajstić information content (AvgIpc) is 2.76. The van der Waals surface area contributed by atoms with Gasteiger partial charge in [-0.15, -0.1) is 0 Å². The standard InChI is InChI=1S/C13H9NO4S2/c15-12-10(19-13(16)14-12)9-6-5-7-3-1-2-4-8(7)11(9)20(17)18/h1-6,10H,(H,17,18)(H,14,15,16)/p-1. The molecule has 1 aliphatic heterocycles. The molecule has 1 N–H and O–H groups in total. The van der Waals surface area contributed by atoms with E-state index in [-0.39, 0.29) is 4.90 Å². The Morgan fingerprint density at radius 3 is 2.55 bits per heavy atom. The number of nitrogens with one attached hydrogen (secondary N) is 1. The van der Waals surface area contributed by atoms with E-state index in [9.17, 15) is 18.4 Å². The predicted molar refractivity (Wildman–Crippen MR) is 75.0 cm³/mol. The molecule has 7 heteroatoms.